The lowest BCUT2D eigenvalue weighted by Crippen LogP contribution is -2.27. The molecule has 0 radical (unpaired) electrons. The predicted octanol–water partition coefficient (Wildman–Crippen LogP) is 2.67. The van der Waals surface area contributed by atoms with Gasteiger partial charge in [-0.15, -0.1) is 0 Å². The molecule has 0 aliphatic heterocycles. The minimum Gasteiger partial charge on any atom is -0.396 e. The summed E-state index contributed by atoms with van der Waals surface area (Å²) in [6, 6.07) is 0.338. The molecule has 0 aromatic carbocycles. The van der Waals surface area contributed by atoms with E-state index >= 15 is 0 Å². The van der Waals surface area contributed by atoms with E-state index in [-0.39, 0.29) is 6.61 Å². The molecule has 0 bridgehead atoms. The molecular weight excluding hydrogens is 264 g/mol. The van der Waals surface area contributed by atoms with Crippen molar-refractivity contribution in [3.63, 3.8) is 0 Å². The average molecular weight is 290 g/mol. The molecule has 21 heavy (non-hydrogen) atoms. The van der Waals surface area contributed by atoms with Crippen LogP contribution in [0.1, 0.15) is 56.3 Å². The molecule has 0 amide bonds. The molecule has 5 heteroatoms. The Morgan fingerprint density at radius 2 is 1.90 bits per heavy atom. The van der Waals surface area contributed by atoms with E-state index in [0.717, 1.165) is 42.4 Å². The third kappa shape index (κ3) is 3.12. The van der Waals surface area contributed by atoms with Crippen molar-refractivity contribution in [2.45, 2.75) is 57.9 Å². The summed E-state index contributed by atoms with van der Waals surface area (Å²) in [7, 11) is 0. The van der Waals surface area contributed by atoms with Gasteiger partial charge in [-0.1, -0.05) is 6.42 Å². The van der Waals surface area contributed by atoms with E-state index in [1.807, 2.05) is 0 Å². The van der Waals surface area contributed by atoms with Gasteiger partial charge in [0.15, 0.2) is 0 Å². The highest BCUT2D eigenvalue weighted by molar-refractivity contribution is 5.58. The maximum absolute atomic E-state index is 9.49. The molecule has 116 valence electrons. The largest absolute Gasteiger partial charge is 0.396 e. The zero-order valence-corrected chi connectivity index (χ0v) is 13.0. The van der Waals surface area contributed by atoms with Crippen molar-refractivity contribution in [3.05, 3.63) is 11.4 Å². The van der Waals surface area contributed by atoms with E-state index in [1.165, 1.54) is 19.3 Å². The van der Waals surface area contributed by atoms with Crippen LogP contribution in [-0.4, -0.2) is 34.3 Å². The minimum absolute atomic E-state index is 0.261. The van der Waals surface area contributed by atoms with Crippen LogP contribution in [0.5, 0.6) is 0 Å². The highest BCUT2D eigenvalue weighted by Crippen LogP contribution is 2.40. The summed E-state index contributed by atoms with van der Waals surface area (Å²) >= 11 is 0. The van der Waals surface area contributed by atoms with Crippen molar-refractivity contribution in [1.29, 1.82) is 0 Å². The van der Waals surface area contributed by atoms with Gasteiger partial charge in [-0.25, -0.2) is 9.97 Å². The lowest BCUT2D eigenvalue weighted by molar-refractivity contribution is 0.222. The Morgan fingerprint density at radius 1 is 1.14 bits per heavy atom. The van der Waals surface area contributed by atoms with Crippen LogP contribution in [0.15, 0.2) is 0 Å². The van der Waals surface area contributed by atoms with Crippen molar-refractivity contribution < 1.29 is 5.11 Å². The van der Waals surface area contributed by atoms with Crippen LogP contribution >= 0.6 is 0 Å². The van der Waals surface area contributed by atoms with Gasteiger partial charge in [-0.2, -0.15) is 0 Å². The van der Waals surface area contributed by atoms with Gasteiger partial charge in [0.1, 0.15) is 17.5 Å². The van der Waals surface area contributed by atoms with Crippen molar-refractivity contribution in [3.8, 4) is 0 Å². The number of aromatic nitrogens is 2. The number of aliphatic hydroxyl groups excluding tert-OH is 1. The van der Waals surface area contributed by atoms with E-state index in [4.69, 9.17) is 4.98 Å². The quantitative estimate of drug-likeness (QED) is 0.751. The third-order valence-corrected chi connectivity index (χ3v) is 4.67. The molecule has 2 unspecified atom stereocenters. The molecular formula is C16H26N4O. The maximum Gasteiger partial charge on any atom is 0.136 e. The first-order chi connectivity index (χ1) is 10.2. The lowest BCUT2D eigenvalue weighted by atomic mass is 10.0. The molecule has 2 fully saturated rings. The lowest BCUT2D eigenvalue weighted by Gasteiger charge is -2.22. The fourth-order valence-corrected chi connectivity index (χ4v) is 3.16. The summed E-state index contributed by atoms with van der Waals surface area (Å²) in [6.07, 6.45) is 5.81. The molecule has 2 aliphatic rings. The van der Waals surface area contributed by atoms with Gasteiger partial charge in [-0.3, -0.25) is 0 Å². The number of hydrogen-bond donors (Lipinski definition) is 3. The molecule has 1 aromatic heterocycles. The Kier molecular flexibility index (Phi) is 4.29. The van der Waals surface area contributed by atoms with Gasteiger partial charge < -0.3 is 15.7 Å². The molecule has 2 aliphatic carbocycles. The number of rotatable bonds is 6. The first-order valence-corrected chi connectivity index (χ1v) is 8.22. The fraction of sp³-hybridized carbons (Fsp3) is 0.750. The molecule has 3 rings (SSSR count). The zero-order valence-electron chi connectivity index (χ0n) is 13.0. The van der Waals surface area contributed by atoms with Gasteiger partial charge in [0.25, 0.3) is 0 Å². The summed E-state index contributed by atoms with van der Waals surface area (Å²) in [5, 5.41) is 16.4. The van der Waals surface area contributed by atoms with E-state index in [9.17, 15) is 5.11 Å². The Balaban J connectivity index is 1.85. The Bertz CT molecular complexity index is 501. The Morgan fingerprint density at radius 3 is 2.57 bits per heavy atom. The zero-order chi connectivity index (χ0) is 14.8. The summed E-state index contributed by atoms with van der Waals surface area (Å²) in [5.74, 6) is 3.77. The second-order valence-corrected chi connectivity index (χ2v) is 6.33. The number of nitrogens with zero attached hydrogens (tertiary/aromatic N) is 2. The Hall–Kier alpha value is -1.36. The number of hydrogen-bond acceptors (Lipinski definition) is 5. The van der Waals surface area contributed by atoms with Crippen LogP contribution in [0.2, 0.25) is 0 Å². The fourth-order valence-electron chi connectivity index (χ4n) is 3.16. The summed E-state index contributed by atoms with van der Waals surface area (Å²) in [6.45, 7) is 5.28. The molecule has 1 aromatic rings. The molecule has 0 spiro atoms. The van der Waals surface area contributed by atoms with Crippen molar-refractivity contribution in [2.24, 2.45) is 5.92 Å². The van der Waals surface area contributed by atoms with Gasteiger partial charge in [0, 0.05) is 36.6 Å². The predicted molar refractivity (Wildman–Crippen MR) is 84.7 cm³/mol. The normalized spacial score (nSPS) is 25.1. The first-order valence-electron chi connectivity index (χ1n) is 8.22. The minimum atomic E-state index is 0.261. The first kappa shape index (κ1) is 14.6. The van der Waals surface area contributed by atoms with Crippen molar-refractivity contribution >= 4 is 11.6 Å². The van der Waals surface area contributed by atoms with Crippen LogP contribution < -0.4 is 10.6 Å². The van der Waals surface area contributed by atoms with Crippen LogP contribution in [0.3, 0.4) is 0 Å². The van der Waals surface area contributed by atoms with Gasteiger partial charge >= 0.3 is 0 Å². The van der Waals surface area contributed by atoms with Crippen molar-refractivity contribution in [1.82, 2.24) is 9.97 Å². The highest BCUT2D eigenvalue weighted by Gasteiger charge is 2.30. The van der Waals surface area contributed by atoms with E-state index in [0.29, 0.717) is 17.9 Å². The summed E-state index contributed by atoms with van der Waals surface area (Å²) < 4.78 is 0. The van der Waals surface area contributed by atoms with Gasteiger partial charge in [0.2, 0.25) is 0 Å². The molecule has 2 atom stereocenters. The van der Waals surface area contributed by atoms with Crippen LogP contribution in [0.25, 0.3) is 0 Å². The van der Waals surface area contributed by atoms with Crippen LogP contribution in [0.4, 0.5) is 11.6 Å². The average Bonchev–Trinajstić information content (AvgIpc) is 3.23. The number of anilines is 2. The number of aliphatic hydroxyl groups is 1. The van der Waals surface area contributed by atoms with Crippen molar-refractivity contribution in [2.75, 3.05) is 23.8 Å². The molecule has 5 nitrogen and oxygen atoms in total. The van der Waals surface area contributed by atoms with Crippen LogP contribution in [0, 0.1) is 12.8 Å². The second kappa shape index (κ2) is 6.18. The Labute approximate surface area is 126 Å². The third-order valence-electron chi connectivity index (χ3n) is 4.67. The second-order valence-electron chi connectivity index (χ2n) is 6.33. The SMILES string of the molecule is CCNc1nc(C2CC2)nc(NC2CCCC2CO)c1C. The summed E-state index contributed by atoms with van der Waals surface area (Å²) in [5.41, 5.74) is 1.09. The van der Waals surface area contributed by atoms with Gasteiger partial charge in [0.05, 0.1) is 0 Å². The van der Waals surface area contributed by atoms with E-state index in [1.54, 1.807) is 0 Å². The molecule has 0 saturated heterocycles. The maximum atomic E-state index is 9.49. The van der Waals surface area contributed by atoms with E-state index in [2.05, 4.69) is 29.5 Å². The smallest absolute Gasteiger partial charge is 0.136 e. The van der Waals surface area contributed by atoms with E-state index < -0.39 is 0 Å². The summed E-state index contributed by atoms with van der Waals surface area (Å²) in [4.78, 5) is 9.45. The monoisotopic (exact) mass is 290 g/mol. The van der Waals surface area contributed by atoms with Crippen LogP contribution in [-0.2, 0) is 0 Å². The topological polar surface area (TPSA) is 70.1 Å². The molecule has 1 heterocycles. The number of nitrogens with one attached hydrogen (secondary N) is 2. The van der Waals surface area contributed by atoms with Gasteiger partial charge in [-0.05, 0) is 39.5 Å². The molecule has 2 saturated carbocycles. The molecule has 3 N–H and O–H groups in total. The highest BCUT2D eigenvalue weighted by atomic mass is 16.3. The standard InChI is InChI=1S/C16H26N4O/c1-3-17-14-10(2)15(20-16(19-14)11-7-8-11)18-13-6-4-5-12(13)9-21/h11-13,21H,3-9H2,1-2H3,(H2,17,18,19,20).